The summed E-state index contributed by atoms with van der Waals surface area (Å²) in [5.74, 6) is 0. The summed E-state index contributed by atoms with van der Waals surface area (Å²) in [4.78, 5) is 16.2. The molecule has 5 rings (SSSR count). The van der Waals surface area contributed by atoms with Crippen LogP contribution in [0.3, 0.4) is 0 Å². The molecule has 0 spiro atoms. The Morgan fingerprint density at radius 1 is 0.640 bits per heavy atom. The van der Waals surface area contributed by atoms with Gasteiger partial charge in [-0.3, -0.25) is 0 Å². The molecule has 120 valence electrons. The van der Waals surface area contributed by atoms with Crippen LogP contribution in [0.2, 0.25) is 0 Å². The Balaban J connectivity index is 1.88. The molecule has 1 atom stereocenters. The molecule has 2 aliphatic heterocycles. The van der Waals surface area contributed by atoms with Gasteiger partial charge in [-0.05, 0) is 66.8 Å². The predicted octanol–water partition coefficient (Wildman–Crippen LogP) is 4.16. The lowest BCUT2D eigenvalue weighted by molar-refractivity contribution is 1.32. The van der Waals surface area contributed by atoms with E-state index in [0.29, 0.717) is 0 Å². The minimum atomic E-state index is 0.933. The van der Waals surface area contributed by atoms with Crippen molar-refractivity contribution in [3.05, 3.63) is 65.2 Å². The average Bonchev–Trinajstić information content (AvgIpc) is 3.36. The lowest BCUT2D eigenvalue weighted by Gasteiger charge is -1.92. The third-order valence-corrected chi connectivity index (χ3v) is 4.87. The fraction of sp³-hybridized carbons (Fsp3) is 0. The van der Waals surface area contributed by atoms with E-state index in [0.717, 1.165) is 50.1 Å². The first-order valence-electron chi connectivity index (χ1n) is 8.06. The summed E-state index contributed by atoms with van der Waals surface area (Å²) in [5, 5.41) is 1.04. The topological polar surface area (TPSA) is 57.4 Å². The summed E-state index contributed by atoms with van der Waals surface area (Å²) in [6, 6.07) is 14.4. The molecule has 25 heavy (non-hydrogen) atoms. The molecular weight excluding hydrogens is 327 g/mol. The Labute approximate surface area is 146 Å². The molecule has 0 saturated heterocycles. The van der Waals surface area contributed by atoms with Crippen molar-refractivity contribution in [2.75, 3.05) is 0 Å². The Morgan fingerprint density at radius 3 is 1.92 bits per heavy atom. The van der Waals surface area contributed by atoms with Crippen molar-refractivity contribution in [3.63, 3.8) is 0 Å². The minimum Gasteiger partial charge on any atom is -0.355 e. The smallest absolute Gasteiger partial charge is 0.0729 e. The van der Waals surface area contributed by atoms with Gasteiger partial charge in [0, 0.05) is 27.4 Å². The third kappa shape index (κ3) is 2.71. The molecule has 0 amide bonds. The van der Waals surface area contributed by atoms with Crippen molar-refractivity contribution in [2.45, 2.75) is 0 Å². The predicted molar refractivity (Wildman–Crippen MR) is 108 cm³/mol. The van der Waals surface area contributed by atoms with Gasteiger partial charge in [0.2, 0.25) is 0 Å². The highest BCUT2D eigenvalue weighted by molar-refractivity contribution is 7.28. The van der Waals surface area contributed by atoms with Crippen LogP contribution in [0, 0.1) is 0 Å². The van der Waals surface area contributed by atoms with Crippen molar-refractivity contribution >= 4 is 60.9 Å². The number of nitrogens with one attached hydrogen (secondary N) is 2. The number of nitrogens with zero attached hydrogens (tertiary/aromatic N) is 2. The van der Waals surface area contributed by atoms with E-state index < -0.39 is 0 Å². The molecule has 4 nitrogen and oxygen atoms in total. The maximum absolute atomic E-state index is 4.71. The second kappa shape index (κ2) is 5.54. The minimum absolute atomic E-state index is 0.933. The first-order valence-corrected chi connectivity index (χ1v) is 8.64. The maximum atomic E-state index is 4.71. The van der Waals surface area contributed by atoms with Gasteiger partial charge in [-0.25, -0.2) is 9.97 Å². The zero-order valence-electron chi connectivity index (χ0n) is 13.3. The fourth-order valence-electron chi connectivity index (χ4n) is 3.03. The summed E-state index contributed by atoms with van der Waals surface area (Å²) in [5.41, 5.74) is 7.85. The lowest BCUT2D eigenvalue weighted by Crippen LogP contribution is -1.96. The second-order valence-electron chi connectivity index (χ2n) is 6.09. The molecular formula is C20H15N4P. The first-order chi connectivity index (χ1) is 12.2. The molecule has 3 aromatic heterocycles. The zero-order valence-corrected chi connectivity index (χ0v) is 14.5. The summed E-state index contributed by atoms with van der Waals surface area (Å²) in [7, 11) is 2.79. The van der Waals surface area contributed by atoms with Crippen LogP contribution >= 0.6 is 9.24 Å². The highest BCUT2D eigenvalue weighted by atomic mass is 31.0. The van der Waals surface area contributed by atoms with Gasteiger partial charge in [-0.2, -0.15) is 0 Å². The van der Waals surface area contributed by atoms with E-state index in [4.69, 9.17) is 4.98 Å². The van der Waals surface area contributed by atoms with Gasteiger partial charge in [0.15, 0.2) is 0 Å². The van der Waals surface area contributed by atoms with Crippen molar-refractivity contribution in [1.29, 1.82) is 0 Å². The number of H-pyrrole nitrogens is 2. The third-order valence-electron chi connectivity index (χ3n) is 4.26. The molecule has 5 heterocycles. The van der Waals surface area contributed by atoms with Crippen molar-refractivity contribution in [2.24, 2.45) is 0 Å². The lowest BCUT2D eigenvalue weighted by atomic mass is 10.3. The first kappa shape index (κ1) is 14.4. The van der Waals surface area contributed by atoms with Gasteiger partial charge in [-0.1, -0.05) is 0 Å². The molecule has 2 N–H and O–H groups in total. The fourth-order valence-corrected chi connectivity index (χ4v) is 3.36. The molecule has 0 aliphatic carbocycles. The maximum Gasteiger partial charge on any atom is 0.0729 e. The Hall–Kier alpha value is -2.97. The van der Waals surface area contributed by atoms with Gasteiger partial charge in [-0.15, -0.1) is 9.24 Å². The van der Waals surface area contributed by atoms with Crippen LogP contribution < -0.4 is 5.30 Å². The molecule has 2 aliphatic rings. The summed E-state index contributed by atoms with van der Waals surface area (Å²) >= 11 is 0. The molecule has 1 unspecified atom stereocenters. The normalized spacial score (nSPS) is 12.7. The van der Waals surface area contributed by atoms with Crippen LogP contribution in [0.1, 0.15) is 22.8 Å². The van der Waals surface area contributed by atoms with Gasteiger partial charge in [0.25, 0.3) is 0 Å². The van der Waals surface area contributed by atoms with Gasteiger partial charge < -0.3 is 9.97 Å². The Morgan fingerprint density at radius 2 is 1.20 bits per heavy atom. The quantitative estimate of drug-likeness (QED) is 0.415. The van der Waals surface area contributed by atoms with Gasteiger partial charge in [0.05, 0.1) is 22.8 Å². The van der Waals surface area contributed by atoms with Crippen LogP contribution in [0.15, 0.2) is 42.5 Å². The Bertz CT molecular complexity index is 1210. The molecule has 0 radical (unpaired) electrons. The largest absolute Gasteiger partial charge is 0.355 e. The second-order valence-corrected chi connectivity index (χ2v) is 6.67. The van der Waals surface area contributed by atoms with E-state index in [9.17, 15) is 0 Å². The highest BCUT2D eigenvalue weighted by Crippen LogP contribution is 2.17. The molecule has 0 fully saturated rings. The average molecular weight is 342 g/mol. The van der Waals surface area contributed by atoms with Crippen LogP contribution in [-0.4, -0.2) is 19.9 Å². The standard InChI is InChI=1S/C20H15N4P/c25-20-18-7-5-16(23-18)10-14-3-1-12(21-14)9-13-2-4-15(22-13)11-17-6-8-19(20)24-17/h1-11,21,24H,25H2. The van der Waals surface area contributed by atoms with Crippen molar-refractivity contribution < 1.29 is 0 Å². The van der Waals surface area contributed by atoms with Crippen LogP contribution in [0.25, 0.3) is 46.4 Å². The Kier molecular flexibility index (Phi) is 3.19. The SMILES string of the molecule is Pc1c2nc(cc3ccc(cc4nc(cc5ccc1[nH]5)C=C4)[nH]3)C=C2. The van der Waals surface area contributed by atoms with E-state index in [-0.39, 0.29) is 0 Å². The van der Waals surface area contributed by atoms with E-state index in [1.54, 1.807) is 0 Å². The van der Waals surface area contributed by atoms with E-state index in [1.807, 2.05) is 42.5 Å². The summed E-state index contributed by atoms with van der Waals surface area (Å²) in [6.07, 6.45) is 8.12. The van der Waals surface area contributed by atoms with E-state index in [2.05, 4.69) is 48.5 Å². The van der Waals surface area contributed by atoms with Crippen LogP contribution in [0.5, 0.6) is 0 Å². The van der Waals surface area contributed by atoms with Crippen LogP contribution in [0.4, 0.5) is 0 Å². The number of hydrogen-bond donors (Lipinski definition) is 2. The van der Waals surface area contributed by atoms with E-state index in [1.165, 1.54) is 0 Å². The zero-order chi connectivity index (χ0) is 16.8. The van der Waals surface area contributed by atoms with Crippen molar-refractivity contribution in [1.82, 2.24) is 19.9 Å². The number of aromatic amines is 2. The molecule has 0 aromatic carbocycles. The summed E-state index contributed by atoms with van der Waals surface area (Å²) in [6.45, 7) is 0. The van der Waals surface area contributed by atoms with E-state index >= 15 is 0 Å². The number of aromatic nitrogens is 4. The molecule has 8 bridgehead atoms. The molecule has 0 saturated carbocycles. The van der Waals surface area contributed by atoms with Gasteiger partial charge in [0.1, 0.15) is 0 Å². The van der Waals surface area contributed by atoms with Gasteiger partial charge >= 0.3 is 0 Å². The molecule has 3 aromatic rings. The molecule has 5 heteroatoms. The van der Waals surface area contributed by atoms with Crippen LogP contribution in [-0.2, 0) is 0 Å². The monoisotopic (exact) mass is 342 g/mol. The number of hydrogen-bond acceptors (Lipinski definition) is 2. The number of rotatable bonds is 0. The number of fused-ring (bicyclic) bond motifs is 8. The highest BCUT2D eigenvalue weighted by Gasteiger charge is 2.04. The summed E-state index contributed by atoms with van der Waals surface area (Å²) < 4.78 is 0. The van der Waals surface area contributed by atoms with Crippen molar-refractivity contribution in [3.8, 4) is 0 Å².